The number of imide groups is 2. The first-order valence-electron chi connectivity index (χ1n) is 12.8. The van der Waals surface area contributed by atoms with Crippen molar-refractivity contribution >= 4 is 56.8 Å². The number of amides is 4. The summed E-state index contributed by atoms with van der Waals surface area (Å²) < 4.78 is 20.0. The molecule has 2 saturated heterocycles. The third-order valence-electron chi connectivity index (χ3n) is 9.26. The summed E-state index contributed by atoms with van der Waals surface area (Å²) in [4.78, 5) is 56.8. The molecule has 0 spiro atoms. The molecule has 1 N–H and O–H groups in total. The Kier molecular flexibility index (Phi) is 6.16. The molecule has 2 aliphatic carbocycles. The normalized spacial score (nSPS) is 31.2. The van der Waals surface area contributed by atoms with Crippen LogP contribution in [0.3, 0.4) is 0 Å². The van der Waals surface area contributed by atoms with E-state index in [4.69, 9.17) is 16.3 Å². The average Bonchev–Trinajstić information content (AvgIpc) is 3.26. The second kappa shape index (κ2) is 9.14. The molecule has 2 aromatic rings. The van der Waals surface area contributed by atoms with Gasteiger partial charge in [-0.1, -0.05) is 39.2 Å². The average molecular weight is 632 g/mol. The number of carbonyl (C=O) groups excluding carboxylic acids is 4. The molecule has 0 radical (unpaired) electrons. The molecule has 4 amide bonds. The Morgan fingerprint density at radius 3 is 2.50 bits per heavy atom. The van der Waals surface area contributed by atoms with Gasteiger partial charge < -0.3 is 9.84 Å². The third-order valence-corrected chi connectivity index (χ3v) is 10.0. The predicted molar refractivity (Wildman–Crippen MR) is 146 cm³/mol. The molecular weight excluding hydrogens is 607 g/mol. The van der Waals surface area contributed by atoms with Crippen LogP contribution in [0, 0.1) is 34.9 Å². The van der Waals surface area contributed by atoms with E-state index in [1.165, 1.54) is 26.3 Å². The maximum atomic E-state index is 14.4. The predicted octanol–water partition coefficient (Wildman–Crippen LogP) is 4.82. The fourth-order valence-electron chi connectivity index (χ4n) is 7.36. The molecule has 6 unspecified atom stereocenters. The van der Waals surface area contributed by atoms with Gasteiger partial charge in [-0.05, 0) is 56.0 Å². The van der Waals surface area contributed by atoms with E-state index in [2.05, 4.69) is 15.9 Å². The number of phenols is 1. The number of rotatable bonds is 3. The van der Waals surface area contributed by atoms with Crippen molar-refractivity contribution in [3.8, 4) is 11.5 Å². The lowest BCUT2D eigenvalue weighted by molar-refractivity contribution is -0.138. The zero-order valence-corrected chi connectivity index (χ0v) is 24.1. The summed E-state index contributed by atoms with van der Waals surface area (Å²) in [5, 5.41) is 11.1. The third kappa shape index (κ3) is 3.48. The minimum absolute atomic E-state index is 0.133. The molecule has 40 heavy (non-hydrogen) atoms. The molecule has 4 aliphatic rings. The lowest BCUT2D eigenvalue weighted by Crippen LogP contribution is -2.48. The van der Waals surface area contributed by atoms with E-state index in [-0.39, 0.29) is 40.4 Å². The second-order valence-electron chi connectivity index (χ2n) is 11.0. The zero-order chi connectivity index (χ0) is 28.8. The number of hydrogen-bond donors (Lipinski definition) is 1. The van der Waals surface area contributed by atoms with Crippen LogP contribution in [0.4, 0.5) is 10.1 Å². The number of methoxy groups -OCH3 is 1. The number of halogens is 3. The SMILES string of the molecule is COc1cc(Br)cc(C2C3=CCC4C(=O)N(C)C(=O)C4C3CC3C(=O)N(c4ccc(F)c(Cl)c4)C(=O)C32C)c1O. The molecule has 6 rings (SSSR count). The smallest absolute Gasteiger partial charge is 0.241 e. The number of phenolic OH excluding ortho intramolecular Hbond substituents is 1. The van der Waals surface area contributed by atoms with Crippen molar-refractivity contribution in [1.82, 2.24) is 4.90 Å². The van der Waals surface area contributed by atoms with Crippen LogP contribution in [0.2, 0.25) is 5.02 Å². The highest BCUT2D eigenvalue weighted by Gasteiger charge is 2.67. The highest BCUT2D eigenvalue weighted by atomic mass is 79.9. The molecule has 2 aliphatic heterocycles. The fraction of sp³-hybridized carbons (Fsp3) is 0.379. The van der Waals surface area contributed by atoms with E-state index in [9.17, 15) is 28.7 Å². The van der Waals surface area contributed by atoms with E-state index in [0.717, 1.165) is 21.4 Å². The first-order valence-corrected chi connectivity index (χ1v) is 14.0. The number of ether oxygens (including phenoxy) is 1. The van der Waals surface area contributed by atoms with Crippen LogP contribution in [-0.2, 0) is 19.2 Å². The Hall–Kier alpha value is -3.24. The Morgan fingerprint density at radius 1 is 1.10 bits per heavy atom. The van der Waals surface area contributed by atoms with Gasteiger partial charge in [-0.15, -0.1) is 0 Å². The van der Waals surface area contributed by atoms with E-state index in [1.807, 2.05) is 6.08 Å². The van der Waals surface area contributed by atoms with Crippen LogP contribution in [-0.4, -0.2) is 47.8 Å². The van der Waals surface area contributed by atoms with Crippen LogP contribution in [0.25, 0.3) is 0 Å². The van der Waals surface area contributed by atoms with Gasteiger partial charge in [-0.2, -0.15) is 0 Å². The van der Waals surface area contributed by atoms with E-state index in [1.54, 1.807) is 19.1 Å². The summed E-state index contributed by atoms with van der Waals surface area (Å²) >= 11 is 9.48. The molecule has 0 bridgehead atoms. The maximum absolute atomic E-state index is 14.4. The highest BCUT2D eigenvalue weighted by molar-refractivity contribution is 9.10. The van der Waals surface area contributed by atoms with Crippen LogP contribution >= 0.6 is 27.5 Å². The van der Waals surface area contributed by atoms with Gasteiger partial charge in [-0.25, -0.2) is 9.29 Å². The van der Waals surface area contributed by atoms with E-state index >= 15 is 0 Å². The highest BCUT2D eigenvalue weighted by Crippen LogP contribution is 2.65. The lowest BCUT2D eigenvalue weighted by Gasteiger charge is -2.49. The molecule has 6 atom stereocenters. The Labute approximate surface area is 242 Å². The first-order chi connectivity index (χ1) is 18.9. The summed E-state index contributed by atoms with van der Waals surface area (Å²) in [5.74, 6) is -5.79. The van der Waals surface area contributed by atoms with E-state index in [0.29, 0.717) is 16.5 Å². The molecule has 0 aromatic heterocycles. The van der Waals surface area contributed by atoms with Gasteiger partial charge in [0.2, 0.25) is 23.6 Å². The lowest BCUT2D eigenvalue weighted by atomic mass is 9.51. The first kappa shape index (κ1) is 27.0. The van der Waals surface area contributed by atoms with Gasteiger partial charge in [0.05, 0.1) is 41.0 Å². The van der Waals surface area contributed by atoms with Crippen molar-refractivity contribution in [1.29, 1.82) is 0 Å². The molecule has 8 nitrogen and oxygen atoms in total. The number of likely N-dealkylation sites (tertiary alicyclic amines) is 1. The number of aromatic hydroxyl groups is 1. The largest absolute Gasteiger partial charge is 0.504 e. The quantitative estimate of drug-likeness (QED) is 0.385. The van der Waals surface area contributed by atoms with Crippen LogP contribution in [0.5, 0.6) is 11.5 Å². The van der Waals surface area contributed by atoms with Gasteiger partial charge in [0.15, 0.2) is 11.5 Å². The summed E-state index contributed by atoms with van der Waals surface area (Å²) in [6, 6.07) is 6.92. The molecule has 1 saturated carbocycles. The summed E-state index contributed by atoms with van der Waals surface area (Å²) in [6.07, 6.45) is 2.35. The number of nitrogens with zero attached hydrogens (tertiary/aromatic N) is 2. The van der Waals surface area contributed by atoms with Gasteiger partial charge in [0.1, 0.15) is 5.82 Å². The van der Waals surface area contributed by atoms with Crippen molar-refractivity contribution in [2.45, 2.75) is 25.7 Å². The summed E-state index contributed by atoms with van der Waals surface area (Å²) in [6.45, 7) is 1.69. The van der Waals surface area contributed by atoms with Crippen molar-refractivity contribution in [3.63, 3.8) is 0 Å². The van der Waals surface area contributed by atoms with Crippen LogP contribution in [0.15, 0.2) is 46.5 Å². The molecule has 208 valence electrons. The maximum Gasteiger partial charge on any atom is 0.241 e. The van der Waals surface area contributed by atoms with Crippen molar-refractivity contribution in [3.05, 3.63) is 62.9 Å². The molecule has 3 fully saturated rings. The second-order valence-corrected chi connectivity index (χ2v) is 12.4. The molecular formula is C29H25BrClFN2O6. The minimum Gasteiger partial charge on any atom is -0.504 e. The number of allylic oxidation sites excluding steroid dienone is 2. The Balaban J connectivity index is 1.58. The Bertz CT molecular complexity index is 1560. The Morgan fingerprint density at radius 2 is 1.82 bits per heavy atom. The van der Waals surface area contributed by atoms with Gasteiger partial charge in [-0.3, -0.25) is 24.1 Å². The monoisotopic (exact) mass is 630 g/mol. The van der Waals surface area contributed by atoms with Gasteiger partial charge in [0, 0.05) is 23.0 Å². The molecule has 2 aromatic carbocycles. The number of anilines is 1. The fourth-order valence-corrected chi connectivity index (χ4v) is 7.99. The van der Waals surface area contributed by atoms with Gasteiger partial charge >= 0.3 is 0 Å². The van der Waals surface area contributed by atoms with Crippen molar-refractivity contribution in [2.24, 2.45) is 29.1 Å². The number of carbonyl (C=O) groups is 4. The number of hydrogen-bond acceptors (Lipinski definition) is 6. The summed E-state index contributed by atoms with van der Waals surface area (Å²) in [7, 11) is 2.87. The standard InChI is InChI=1S/C29H25BrClFN2O6/c1-29-18(26(37)34(28(29)39)13-4-7-20(32)19(31)10-13)11-16-14(5-6-15-22(16)27(38)33(2)25(15)36)23(29)17-8-12(30)9-21(40-3)24(17)35/h4-5,7-10,15-16,18,22-23,35H,6,11H2,1-3H3. The van der Waals surface area contributed by atoms with Gasteiger partial charge in [0.25, 0.3) is 0 Å². The van der Waals surface area contributed by atoms with Crippen molar-refractivity contribution in [2.75, 3.05) is 19.1 Å². The van der Waals surface area contributed by atoms with E-state index < -0.39 is 52.6 Å². The number of benzene rings is 2. The zero-order valence-electron chi connectivity index (χ0n) is 21.8. The topological polar surface area (TPSA) is 104 Å². The molecule has 2 heterocycles. The number of fused-ring (bicyclic) bond motifs is 4. The van der Waals surface area contributed by atoms with Crippen molar-refractivity contribution < 1.29 is 33.4 Å². The van der Waals surface area contributed by atoms with Crippen LogP contribution in [0.1, 0.15) is 31.2 Å². The summed E-state index contributed by atoms with van der Waals surface area (Å²) in [5.41, 5.74) is -0.160. The molecule has 11 heteroatoms. The minimum atomic E-state index is -1.38. The van der Waals surface area contributed by atoms with Crippen LogP contribution < -0.4 is 9.64 Å².